The molecule has 1 heterocycles. The second-order valence-electron chi connectivity index (χ2n) is 5.15. The standard InChI is InChI=1S/C20H16N2O2/c1-23-16-10-8-14(9-11-16)17-12-19(15-6-4-3-5-7-15)22-20(24-2)18(17)13-21/h3-12H,1-2H3. The SMILES string of the molecule is COc1ccc(-c2cc(-c3ccccc3)nc(OC)c2C#N)cc1. The Bertz CT molecular complexity index is 882. The zero-order valence-corrected chi connectivity index (χ0v) is 13.5. The van der Waals surface area contributed by atoms with Gasteiger partial charge in [-0.1, -0.05) is 42.5 Å². The second-order valence-corrected chi connectivity index (χ2v) is 5.15. The van der Waals surface area contributed by atoms with E-state index in [1.54, 1.807) is 7.11 Å². The lowest BCUT2D eigenvalue weighted by Gasteiger charge is -2.12. The normalized spacial score (nSPS) is 10.0. The average Bonchev–Trinajstić information content (AvgIpc) is 2.67. The van der Waals surface area contributed by atoms with E-state index in [-0.39, 0.29) is 0 Å². The molecular weight excluding hydrogens is 300 g/mol. The summed E-state index contributed by atoms with van der Waals surface area (Å²) in [6, 6.07) is 21.5. The quantitative estimate of drug-likeness (QED) is 0.720. The monoisotopic (exact) mass is 316 g/mol. The van der Waals surface area contributed by atoms with Gasteiger partial charge >= 0.3 is 0 Å². The molecule has 3 aromatic rings. The van der Waals surface area contributed by atoms with Crippen molar-refractivity contribution in [3.8, 4) is 40.1 Å². The minimum atomic E-state index is 0.324. The highest BCUT2D eigenvalue weighted by Gasteiger charge is 2.15. The minimum Gasteiger partial charge on any atom is -0.497 e. The van der Waals surface area contributed by atoms with Gasteiger partial charge in [0.15, 0.2) is 0 Å². The maximum Gasteiger partial charge on any atom is 0.232 e. The summed E-state index contributed by atoms with van der Waals surface area (Å²) >= 11 is 0. The van der Waals surface area contributed by atoms with Crippen molar-refractivity contribution in [2.75, 3.05) is 14.2 Å². The number of ether oxygens (including phenoxy) is 2. The smallest absolute Gasteiger partial charge is 0.232 e. The molecule has 0 bridgehead atoms. The van der Waals surface area contributed by atoms with Crippen LogP contribution in [0.15, 0.2) is 60.7 Å². The maximum atomic E-state index is 9.56. The van der Waals surface area contributed by atoms with Gasteiger partial charge in [0.1, 0.15) is 17.4 Å². The van der Waals surface area contributed by atoms with Crippen LogP contribution in [-0.2, 0) is 0 Å². The van der Waals surface area contributed by atoms with Crippen LogP contribution >= 0.6 is 0 Å². The fourth-order valence-corrected chi connectivity index (χ4v) is 2.53. The fraction of sp³-hybridized carbons (Fsp3) is 0.100. The van der Waals surface area contributed by atoms with Crippen molar-refractivity contribution < 1.29 is 9.47 Å². The Hall–Kier alpha value is -3.32. The highest BCUT2D eigenvalue weighted by molar-refractivity contribution is 5.78. The lowest BCUT2D eigenvalue weighted by Crippen LogP contribution is -1.97. The third-order valence-electron chi connectivity index (χ3n) is 3.76. The van der Waals surface area contributed by atoms with Crippen LogP contribution in [0.4, 0.5) is 0 Å². The van der Waals surface area contributed by atoms with E-state index in [0.717, 1.165) is 28.1 Å². The number of nitrogens with zero attached hydrogens (tertiary/aromatic N) is 2. The van der Waals surface area contributed by atoms with Crippen LogP contribution in [0, 0.1) is 11.3 Å². The van der Waals surface area contributed by atoms with Crippen molar-refractivity contribution in [2.45, 2.75) is 0 Å². The van der Waals surface area contributed by atoms with Crippen LogP contribution in [0.25, 0.3) is 22.4 Å². The van der Waals surface area contributed by atoms with E-state index in [9.17, 15) is 5.26 Å². The van der Waals surface area contributed by atoms with Crippen LogP contribution in [0.5, 0.6) is 11.6 Å². The molecule has 24 heavy (non-hydrogen) atoms. The molecule has 0 saturated heterocycles. The van der Waals surface area contributed by atoms with E-state index in [1.165, 1.54) is 7.11 Å². The lowest BCUT2D eigenvalue weighted by molar-refractivity contribution is 0.397. The number of pyridine rings is 1. The molecule has 3 rings (SSSR count). The molecule has 0 spiro atoms. The number of hydrogen-bond donors (Lipinski definition) is 0. The molecule has 0 atom stereocenters. The highest BCUT2D eigenvalue weighted by Crippen LogP contribution is 2.33. The molecule has 2 aromatic carbocycles. The van der Waals surface area contributed by atoms with Crippen molar-refractivity contribution >= 4 is 0 Å². The van der Waals surface area contributed by atoms with E-state index in [0.29, 0.717) is 11.4 Å². The van der Waals surface area contributed by atoms with Crippen LogP contribution in [0.3, 0.4) is 0 Å². The first kappa shape index (κ1) is 15.6. The van der Waals surface area contributed by atoms with Crippen LogP contribution in [-0.4, -0.2) is 19.2 Å². The molecule has 0 radical (unpaired) electrons. The van der Waals surface area contributed by atoms with Gasteiger partial charge in [0.05, 0.1) is 19.9 Å². The van der Waals surface area contributed by atoms with Crippen LogP contribution in [0.2, 0.25) is 0 Å². The van der Waals surface area contributed by atoms with E-state index >= 15 is 0 Å². The van der Waals surface area contributed by atoms with Gasteiger partial charge in [-0.15, -0.1) is 0 Å². The molecule has 0 aliphatic carbocycles. The lowest BCUT2D eigenvalue weighted by atomic mass is 9.98. The Morgan fingerprint density at radius 3 is 2.17 bits per heavy atom. The molecule has 0 fully saturated rings. The van der Waals surface area contributed by atoms with E-state index in [4.69, 9.17) is 9.47 Å². The van der Waals surface area contributed by atoms with Crippen molar-refractivity contribution in [1.29, 1.82) is 5.26 Å². The molecule has 0 N–H and O–H groups in total. The average molecular weight is 316 g/mol. The van der Waals surface area contributed by atoms with E-state index in [1.807, 2.05) is 60.7 Å². The summed E-state index contributed by atoms with van der Waals surface area (Å²) in [5, 5.41) is 9.56. The molecule has 0 amide bonds. The first-order valence-corrected chi connectivity index (χ1v) is 7.45. The van der Waals surface area contributed by atoms with Gasteiger partial charge in [0.2, 0.25) is 5.88 Å². The van der Waals surface area contributed by atoms with Gasteiger partial charge in [-0.2, -0.15) is 5.26 Å². The Kier molecular flexibility index (Phi) is 4.44. The molecule has 4 nitrogen and oxygen atoms in total. The number of aromatic nitrogens is 1. The molecule has 0 saturated carbocycles. The van der Waals surface area contributed by atoms with Gasteiger partial charge in [0, 0.05) is 11.1 Å². The summed E-state index contributed by atoms with van der Waals surface area (Å²) in [5.74, 6) is 1.09. The topological polar surface area (TPSA) is 55.1 Å². The molecule has 0 unspecified atom stereocenters. The highest BCUT2D eigenvalue weighted by atomic mass is 16.5. The van der Waals surface area contributed by atoms with Crippen molar-refractivity contribution in [3.05, 3.63) is 66.2 Å². The summed E-state index contributed by atoms with van der Waals surface area (Å²) < 4.78 is 10.5. The van der Waals surface area contributed by atoms with Gasteiger partial charge in [-0.05, 0) is 23.8 Å². The van der Waals surface area contributed by atoms with Crippen LogP contribution < -0.4 is 9.47 Å². The molecule has 118 valence electrons. The number of nitriles is 1. The Labute approximate surface area is 140 Å². The number of benzene rings is 2. The summed E-state index contributed by atoms with van der Waals surface area (Å²) in [6.45, 7) is 0. The maximum absolute atomic E-state index is 9.56. The van der Waals surface area contributed by atoms with Gasteiger partial charge in [-0.25, -0.2) is 4.98 Å². The number of rotatable bonds is 4. The molecule has 4 heteroatoms. The zero-order chi connectivity index (χ0) is 16.9. The number of hydrogen-bond acceptors (Lipinski definition) is 4. The molecule has 0 aliphatic heterocycles. The van der Waals surface area contributed by atoms with E-state index in [2.05, 4.69) is 11.1 Å². The predicted octanol–water partition coefficient (Wildman–Crippen LogP) is 4.30. The summed E-state index contributed by atoms with van der Waals surface area (Å²) in [6.07, 6.45) is 0. The summed E-state index contributed by atoms with van der Waals surface area (Å²) in [4.78, 5) is 4.48. The van der Waals surface area contributed by atoms with Crippen molar-refractivity contribution in [1.82, 2.24) is 4.98 Å². The summed E-state index contributed by atoms with van der Waals surface area (Å²) in [7, 11) is 3.15. The predicted molar refractivity (Wildman–Crippen MR) is 92.9 cm³/mol. The minimum absolute atomic E-state index is 0.324. The first-order chi connectivity index (χ1) is 11.8. The Morgan fingerprint density at radius 1 is 0.875 bits per heavy atom. The third kappa shape index (κ3) is 2.92. The molecule has 1 aromatic heterocycles. The molecule has 0 aliphatic rings. The van der Waals surface area contributed by atoms with Gasteiger partial charge in [-0.3, -0.25) is 0 Å². The van der Waals surface area contributed by atoms with Gasteiger partial charge in [0.25, 0.3) is 0 Å². The van der Waals surface area contributed by atoms with Gasteiger partial charge < -0.3 is 9.47 Å². The Balaban J connectivity index is 2.21. The van der Waals surface area contributed by atoms with Crippen molar-refractivity contribution in [3.63, 3.8) is 0 Å². The first-order valence-electron chi connectivity index (χ1n) is 7.45. The van der Waals surface area contributed by atoms with Crippen molar-refractivity contribution in [2.24, 2.45) is 0 Å². The third-order valence-corrected chi connectivity index (χ3v) is 3.76. The second kappa shape index (κ2) is 6.84. The molecular formula is C20H16N2O2. The summed E-state index contributed by atoms with van der Waals surface area (Å²) in [5.41, 5.74) is 3.84. The van der Waals surface area contributed by atoms with E-state index < -0.39 is 0 Å². The largest absolute Gasteiger partial charge is 0.497 e. The fourth-order valence-electron chi connectivity index (χ4n) is 2.53. The zero-order valence-electron chi connectivity index (χ0n) is 13.5. The Morgan fingerprint density at radius 2 is 1.58 bits per heavy atom. The number of methoxy groups -OCH3 is 2. The van der Waals surface area contributed by atoms with Crippen LogP contribution in [0.1, 0.15) is 5.56 Å².